The molecule has 0 aliphatic rings. The standard InChI is InChI=1S/C22H20ClNO/c1-24(16-17-9-8-14-20(23)15-17)22(25)21(18-10-4-2-5-11-18)19-12-6-3-7-13-19/h2-15,21H,16H2,1H3. The molecule has 0 saturated carbocycles. The minimum Gasteiger partial charge on any atom is -0.341 e. The molecular weight excluding hydrogens is 330 g/mol. The normalized spacial score (nSPS) is 10.7. The van der Waals surface area contributed by atoms with Crippen molar-refractivity contribution in [1.29, 1.82) is 0 Å². The van der Waals surface area contributed by atoms with Crippen molar-refractivity contribution in [2.45, 2.75) is 12.5 Å². The summed E-state index contributed by atoms with van der Waals surface area (Å²) in [4.78, 5) is 15.0. The molecule has 3 heteroatoms. The van der Waals surface area contributed by atoms with Crippen LogP contribution < -0.4 is 0 Å². The minimum atomic E-state index is -0.313. The molecule has 0 N–H and O–H groups in total. The van der Waals surface area contributed by atoms with Crippen LogP contribution in [0.4, 0.5) is 0 Å². The summed E-state index contributed by atoms with van der Waals surface area (Å²) in [5.74, 6) is -0.246. The van der Waals surface area contributed by atoms with Gasteiger partial charge in [-0.25, -0.2) is 0 Å². The SMILES string of the molecule is CN(Cc1cccc(Cl)c1)C(=O)C(c1ccccc1)c1ccccc1. The summed E-state index contributed by atoms with van der Waals surface area (Å²) in [5, 5.41) is 0.681. The van der Waals surface area contributed by atoms with Gasteiger partial charge in [0, 0.05) is 18.6 Å². The number of carbonyl (C=O) groups is 1. The molecule has 3 rings (SSSR count). The van der Waals surface area contributed by atoms with Gasteiger partial charge in [-0.15, -0.1) is 0 Å². The third-order valence-corrected chi connectivity index (χ3v) is 4.43. The fourth-order valence-electron chi connectivity index (χ4n) is 2.98. The highest BCUT2D eigenvalue weighted by Gasteiger charge is 2.25. The van der Waals surface area contributed by atoms with E-state index < -0.39 is 0 Å². The molecule has 3 aromatic rings. The maximum atomic E-state index is 13.2. The van der Waals surface area contributed by atoms with E-state index in [9.17, 15) is 4.79 Å². The van der Waals surface area contributed by atoms with Gasteiger partial charge in [0.05, 0.1) is 5.92 Å². The molecule has 0 unspecified atom stereocenters. The maximum absolute atomic E-state index is 13.2. The van der Waals surface area contributed by atoms with Crippen LogP contribution in [0, 0.1) is 0 Å². The van der Waals surface area contributed by atoms with Crippen LogP contribution in [-0.2, 0) is 11.3 Å². The number of halogens is 1. The second kappa shape index (κ2) is 8.00. The molecule has 2 nitrogen and oxygen atoms in total. The summed E-state index contributed by atoms with van der Waals surface area (Å²) in [5.41, 5.74) is 3.01. The lowest BCUT2D eigenvalue weighted by Gasteiger charge is -2.25. The Labute approximate surface area is 153 Å². The molecule has 0 saturated heterocycles. The van der Waals surface area contributed by atoms with Gasteiger partial charge in [0.1, 0.15) is 0 Å². The first-order chi connectivity index (χ1) is 12.1. The Morgan fingerprint density at radius 3 is 1.96 bits per heavy atom. The van der Waals surface area contributed by atoms with Gasteiger partial charge >= 0.3 is 0 Å². The van der Waals surface area contributed by atoms with Crippen LogP contribution >= 0.6 is 11.6 Å². The number of hydrogen-bond donors (Lipinski definition) is 0. The van der Waals surface area contributed by atoms with E-state index in [0.717, 1.165) is 16.7 Å². The van der Waals surface area contributed by atoms with Gasteiger partial charge in [-0.1, -0.05) is 84.4 Å². The molecule has 3 aromatic carbocycles. The number of carbonyl (C=O) groups excluding carboxylic acids is 1. The van der Waals surface area contributed by atoms with Crippen molar-refractivity contribution >= 4 is 17.5 Å². The van der Waals surface area contributed by atoms with Gasteiger partial charge in [-0.3, -0.25) is 4.79 Å². The summed E-state index contributed by atoms with van der Waals surface area (Å²) in [6.45, 7) is 0.523. The van der Waals surface area contributed by atoms with Gasteiger partial charge in [-0.05, 0) is 28.8 Å². The van der Waals surface area contributed by atoms with E-state index in [-0.39, 0.29) is 11.8 Å². The molecular formula is C22H20ClNO. The Balaban J connectivity index is 1.89. The minimum absolute atomic E-state index is 0.0670. The zero-order chi connectivity index (χ0) is 17.6. The van der Waals surface area contributed by atoms with Crippen LogP contribution in [0.15, 0.2) is 84.9 Å². The molecule has 25 heavy (non-hydrogen) atoms. The van der Waals surface area contributed by atoms with Crippen LogP contribution in [0.1, 0.15) is 22.6 Å². The molecule has 126 valence electrons. The Kier molecular flexibility index (Phi) is 5.52. The van der Waals surface area contributed by atoms with Gasteiger partial charge < -0.3 is 4.90 Å². The molecule has 0 heterocycles. The van der Waals surface area contributed by atoms with Crippen LogP contribution in [0.2, 0.25) is 5.02 Å². The zero-order valence-electron chi connectivity index (χ0n) is 14.1. The lowest BCUT2D eigenvalue weighted by Crippen LogP contribution is -2.32. The van der Waals surface area contributed by atoms with Crippen molar-refractivity contribution in [3.63, 3.8) is 0 Å². The monoisotopic (exact) mass is 349 g/mol. The van der Waals surface area contributed by atoms with Gasteiger partial charge in [0.2, 0.25) is 5.91 Å². The fraction of sp³-hybridized carbons (Fsp3) is 0.136. The first kappa shape index (κ1) is 17.2. The Hall–Kier alpha value is -2.58. The highest BCUT2D eigenvalue weighted by Crippen LogP contribution is 2.27. The topological polar surface area (TPSA) is 20.3 Å². The van der Waals surface area contributed by atoms with Crippen molar-refractivity contribution in [3.05, 3.63) is 107 Å². The lowest BCUT2D eigenvalue weighted by atomic mass is 9.90. The number of hydrogen-bond acceptors (Lipinski definition) is 1. The van der Waals surface area contributed by atoms with E-state index >= 15 is 0 Å². The molecule has 0 aliphatic carbocycles. The maximum Gasteiger partial charge on any atom is 0.234 e. The number of amides is 1. The Morgan fingerprint density at radius 2 is 1.44 bits per heavy atom. The predicted molar refractivity (Wildman–Crippen MR) is 103 cm³/mol. The van der Waals surface area contributed by atoms with Crippen LogP contribution in [0.5, 0.6) is 0 Å². The number of likely N-dealkylation sites (N-methyl/N-ethyl adjacent to an activating group) is 1. The molecule has 0 radical (unpaired) electrons. The predicted octanol–water partition coefficient (Wildman–Crippen LogP) is 5.13. The van der Waals surface area contributed by atoms with Crippen molar-refractivity contribution < 1.29 is 4.79 Å². The van der Waals surface area contributed by atoms with Gasteiger partial charge in [0.25, 0.3) is 0 Å². The first-order valence-electron chi connectivity index (χ1n) is 8.24. The third-order valence-electron chi connectivity index (χ3n) is 4.20. The molecule has 0 aromatic heterocycles. The van der Waals surface area contributed by atoms with E-state index in [4.69, 9.17) is 11.6 Å². The van der Waals surface area contributed by atoms with E-state index in [1.54, 1.807) is 4.90 Å². The van der Waals surface area contributed by atoms with E-state index in [0.29, 0.717) is 11.6 Å². The Bertz CT molecular complexity index is 793. The summed E-state index contributed by atoms with van der Waals surface area (Å²) < 4.78 is 0. The average molecular weight is 350 g/mol. The first-order valence-corrected chi connectivity index (χ1v) is 8.62. The summed E-state index contributed by atoms with van der Waals surface area (Å²) >= 11 is 6.06. The number of rotatable bonds is 5. The van der Waals surface area contributed by atoms with Crippen LogP contribution in [0.25, 0.3) is 0 Å². The second-order valence-corrected chi connectivity index (χ2v) is 6.52. The van der Waals surface area contributed by atoms with Crippen molar-refractivity contribution in [2.24, 2.45) is 0 Å². The molecule has 0 aliphatic heterocycles. The molecule has 0 bridgehead atoms. The van der Waals surface area contributed by atoms with Gasteiger partial charge in [0.15, 0.2) is 0 Å². The number of benzene rings is 3. The summed E-state index contributed by atoms with van der Waals surface area (Å²) in [7, 11) is 1.84. The highest BCUT2D eigenvalue weighted by molar-refractivity contribution is 6.30. The fourth-order valence-corrected chi connectivity index (χ4v) is 3.19. The highest BCUT2D eigenvalue weighted by atomic mass is 35.5. The Morgan fingerprint density at radius 1 is 0.880 bits per heavy atom. The van der Waals surface area contributed by atoms with Crippen molar-refractivity contribution in [2.75, 3.05) is 7.05 Å². The van der Waals surface area contributed by atoms with E-state index in [1.807, 2.05) is 92.0 Å². The van der Waals surface area contributed by atoms with Crippen molar-refractivity contribution in [3.8, 4) is 0 Å². The molecule has 0 spiro atoms. The lowest BCUT2D eigenvalue weighted by molar-refractivity contribution is -0.131. The van der Waals surface area contributed by atoms with Crippen LogP contribution in [0.3, 0.4) is 0 Å². The summed E-state index contributed by atoms with van der Waals surface area (Å²) in [6, 6.07) is 27.4. The molecule has 0 atom stereocenters. The molecule has 0 fully saturated rings. The zero-order valence-corrected chi connectivity index (χ0v) is 14.9. The summed E-state index contributed by atoms with van der Waals surface area (Å²) in [6.07, 6.45) is 0. The van der Waals surface area contributed by atoms with Crippen LogP contribution in [-0.4, -0.2) is 17.9 Å². The molecule has 1 amide bonds. The smallest absolute Gasteiger partial charge is 0.234 e. The van der Waals surface area contributed by atoms with Gasteiger partial charge in [-0.2, -0.15) is 0 Å². The quantitative estimate of drug-likeness (QED) is 0.625. The largest absolute Gasteiger partial charge is 0.341 e. The average Bonchev–Trinajstić information content (AvgIpc) is 2.63. The van der Waals surface area contributed by atoms with E-state index in [1.165, 1.54) is 0 Å². The van der Waals surface area contributed by atoms with E-state index in [2.05, 4.69) is 0 Å². The van der Waals surface area contributed by atoms with Crippen molar-refractivity contribution in [1.82, 2.24) is 4.90 Å². The third kappa shape index (κ3) is 4.28. The number of nitrogens with zero attached hydrogens (tertiary/aromatic N) is 1. The second-order valence-electron chi connectivity index (χ2n) is 6.08.